The van der Waals surface area contributed by atoms with Gasteiger partial charge in [-0.25, -0.2) is 0 Å². The fraction of sp³-hybridized carbons (Fsp3) is 0.409. The average molecular weight is 434 g/mol. The molecule has 0 radical (unpaired) electrons. The number of carbonyl (C=O) groups is 1. The molecule has 1 atom stereocenters. The summed E-state index contributed by atoms with van der Waals surface area (Å²) in [5.41, 5.74) is 0.699. The maximum absolute atomic E-state index is 12.2. The molecule has 1 aliphatic rings. The lowest BCUT2D eigenvalue weighted by atomic mass is 10.2. The third-order valence-electron chi connectivity index (χ3n) is 4.89. The summed E-state index contributed by atoms with van der Waals surface area (Å²) in [7, 11) is 1.61. The van der Waals surface area contributed by atoms with Gasteiger partial charge in [-0.15, -0.1) is 0 Å². The Kier molecular flexibility index (Phi) is 8.33. The first-order valence-electron chi connectivity index (χ1n) is 9.97. The number of β-amino-alcohol motifs (C(OH)–C–C–N with tert-alkyl or cyclic N) is 1. The number of halogens is 1. The number of benzene rings is 2. The van der Waals surface area contributed by atoms with E-state index in [4.69, 9.17) is 21.1 Å². The fourth-order valence-corrected chi connectivity index (χ4v) is 3.52. The number of rotatable bonds is 9. The van der Waals surface area contributed by atoms with Crippen LogP contribution in [0.4, 0.5) is 5.69 Å². The standard InChI is InChI=1S/C22H28ClN3O4/c1-29-20-6-3-7-21(13-20)30-16-19(27)14-25-8-10-26(11-9-25)15-22(28)24-18-5-2-4-17(23)12-18/h2-7,12-13,19,27H,8-11,14-16H2,1H3,(H,24,28). The molecule has 1 fully saturated rings. The molecular formula is C22H28ClN3O4. The Morgan fingerprint density at radius 3 is 2.53 bits per heavy atom. The number of hydrogen-bond donors (Lipinski definition) is 2. The summed E-state index contributed by atoms with van der Waals surface area (Å²) >= 11 is 5.95. The first kappa shape index (κ1) is 22.4. The predicted octanol–water partition coefficient (Wildman–Crippen LogP) is 2.34. The molecule has 1 heterocycles. The number of piperazine rings is 1. The number of ether oxygens (including phenoxy) is 2. The second-order valence-electron chi connectivity index (χ2n) is 7.28. The molecule has 162 valence electrons. The van der Waals surface area contributed by atoms with E-state index in [0.717, 1.165) is 31.9 Å². The first-order valence-corrected chi connectivity index (χ1v) is 10.3. The zero-order valence-electron chi connectivity index (χ0n) is 17.1. The normalized spacial score (nSPS) is 16.1. The van der Waals surface area contributed by atoms with Gasteiger partial charge in [0.2, 0.25) is 5.91 Å². The van der Waals surface area contributed by atoms with Crippen LogP contribution in [0.1, 0.15) is 0 Å². The number of amides is 1. The smallest absolute Gasteiger partial charge is 0.238 e. The van der Waals surface area contributed by atoms with E-state index in [0.29, 0.717) is 29.5 Å². The Labute approximate surface area is 182 Å². The average Bonchev–Trinajstić information content (AvgIpc) is 2.74. The summed E-state index contributed by atoms with van der Waals surface area (Å²) in [5, 5.41) is 13.8. The summed E-state index contributed by atoms with van der Waals surface area (Å²) < 4.78 is 10.8. The highest BCUT2D eigenvalue weighted by molar-refractivity contribution is 6.30. The molecular weight excluding hydrogens is 406 g/mol. The summed E-state index contributed by atoms with van der Waals surface area (Å²) in [6, 6.07) is 14.4. The summed E-state index contributed by atoms with van der Waals surface area (Å²) in [4.78, 5) is 16.5. The lowest BCUT2D eigenvalue weighted by Gasteiger charge is -2.35. The molecule has 1 saturated heterocycles. The number of aliphatic hydroxyl groups is 1. The van der Waals surface area contributed by atoms with Crippen LogP contribution in [0.5, 0.6) is 11.5 Å². The van der Waals surface area contributed by atoms with Crippen LogP contribution in [0.25, 0.3) is 0 Å². The molecule has 0 bridgehead atoms. The van der Waals surface area contributed by atoms with E-state index in [1.165, 1.54) is 0 Å². The second kappa shape index (κ2) is 11.2. The molecule has 30 heavy (non-hydrogen) atoms. The third-order valence-corrected chi connectivity index (χ3v) is 5.13. The molecule has 3 rings (SSSR count). The molecule has 1 unspecified atom stereocenters. The quantitative estimate of drug-likeness (QED) is 0.632. The van der Waals surface area contributed by atoms with Gasteiger partial charge < -0.3 is 19.9 Å². The zero-order chi connectivity index (χ0) is 21.3. The van der Waals surface area contributed by atoms with E-state index in [2.05, 4.69) is 15.1 Å². The van der Waals surface area contributed by atoms with Crippen molar-refractivity contribution in [3.63, 3.8) is 0 Å². The van der Waals surface area contributed by atoms with Gasteiger partial charge in [0.1, 0.15) is 24.2 Å². The number of hydrogen-bond acceptors (Lipinski definition) is 6. The maximum Gasteiger partial charge on any atom is 0.238 e. The minimum Gasteiger partial charge on any atom is -0.497 e. The molecule has 0 aliphatic carbocycles. The number of aliphatic hydroxyl groups excluding tert-OH is 1. The van der Waals surface area contributed by atoms with Crippen molar-refractivity contribution in [1.82, 2.24) is 9.80 Å². The Balaban J connectivity index is 1.35. The molecule has 8 heteroatoms. The number of anilines is 1. The first-order chi connectivity index (χ1) is 14.5. The van der Waals surface area contributed by atoms with Gasteiger partial charge in [-0.3, -0.25) is 14.6 Å². The van der Waals surface area contributed by atoms with Crippen LogP contribution in [-0.2, 0) is 4.79 Å². The van der Waals surface area contributed by atoms with Crippen LogP contribution in [0, 0.1) is 0 Å². The van der Waals surface area contributed by atoms with Crippen molar-refractivity contribution in [2.24, 2.45) is 0 Å². The van der Waals surface area contributed by atoms with Crippen molar-refractivity contribution >= 4 is 23.2 Å². The van der Waals surface area contributed by atoms with Gasteiger partial charge in [0.15, 0.2) is 0 Å². The van der Waals surface area contributed by atoms with E-state index in [9.17, 15) is 9.90 Å². The van der Waals surface area contributed by atoms with Gasteiger partial charge in [0.25, 0.3) is 0 Å². The number of carbonyl (C=O) groups excluding carboxylic acids is 1. The Bertz CT molecular complexity index is 828. The molecule has 0 spiro atoms. The van der Waals surface area contributed by atoms with Crippen molar-refractivity contribution in [3.05, 3.63) is 53.6 Å². The van der Waals surface area contributed by atoms with Crippen LogP contribution >= 0.6 is 11.6 Å². The Morgan fingerprint density at radius 1 is 1.10 bits per heavy atom. The minimum absolute atomic E-state index is 0.0579. The van der Waals surface area contributed by atoms with E-state index in [1.54, 1.807) is 31.4 Å². The van der Waals surface area contributed by atoms with Crippen LogP contribution in [0.15, 0.2) is 48.5 Å². The van der Waals surface area contributed by atoms with Gasteiger partial charge >= 0.3 is 0 Å². The molecule has 1 amide bonds. The number of methoxy groups -OCH3 is 1. The lowest BCUT2D eigenvalue weighted by Crippen LogP contribution is -2.50. The van der Waals surface area contributed by atoms with Crippen molar-refractivity contribution in [1.29, 1.82) is 0 Å². The number of nitrogens with zero attached hydrogens (tertiary/aromatic N) is 2. The number of nitrogens with one attached hydrogen (secondary N) is 1. The summed E-state index contributed by atoms with van der Waals surface area (Å²) in [6.07, 6.45) is -0.589. The Morgan fingerprint density at radius 2 is 1.80 bits per heavy atom. The van der Waals surface area contributed by atoms with Crippen molar-refractivity contribution < 1.29 is 19.4 Å². The highest BCUT2D eigenvalue weighted by Gasteiger charge is 2.21. The van der Waals surface area contributed by atoms with Crippen molar-refractivity contribution in [2.75, 3.05) is 58.3 Å². The van der Waals surface area contributed by atoms with Gasteiger partial charge in [0, 0.05) is 49.5 Å². The predicted molar refractivity (Wildman–Crippen MR) is 117 cm³/mol. The summed E-state index contributed by atoms with van der Waals surface area (Å²) in [6.45, 7) is 4.21. The van der Waals surface area contributed by atoms with Gasteiger partial charge in [0.05, 0.1) is 13.7 Å². The van der Waals surface area contributed by atoms with E-state index >= 15 is 0 Å². The van der Waals surface area contributed by atoms with E-state index in [-0.39, 0.29) is 12.5 Å². The lowest BCUT2D eigenvalue weighted by molar-refractivity contribution is -0.117. The molecule has 0 aromatic heterocycles. The Hall–Kier alpha value is -2.32. The molecule has 1 aliphatic heterocycles. The monoisotopic (exact) mass is 433 g/mol. The highest BCUT2D eigenvalue weighted by atomic mass is 35.5. The third kappa shape index (κ3) is 7.18. The van der Waals surface area contributed by atoms with Gasteiger partial charge in [-0.1, -0.05) is 23.7 Å². The van der Waals surface area contributed by atoms with Crippen molar-refractivity contribution in [2.45, 2.75) is 6.10 Å². The topological polar surface area (TPSA) is 74.3 Å². The molecule has 2 aromatic rings. The molecule has 2 aromatic carbocycles. The van der Waals surface area contributed by atoms with Crippen LogP contribution < -0.4 is 14.8 Å². The van der Waals surface area contributed by atoms with E-state index < -0.39 is 6.10 Å². The molecule has 0 saturated carbocycles. The molecule has 7 nitrogen and oxygen atoms in total. The maximum atomic E-state index is 12.2. The zero-order valence-corrected chi connectivity index (χ0v) is 17.8. The van der Waals surface area contributed by atoms with E-state index in [1.807, 2.05) is 24.3 Å². The largest absolute Gasteiger partial charge is 0.497 e. The van der Waals surface area contributed by atoms with Crippen LogP contribution in [-0.4, -0.2) is 79.9 Å². The van der Waals surface area contributed by atoms with Gasteiger partial charge in [-0.05, 0) is 30.3 Å². The summed E-state index contributed by atoms with van der Waals surface area (Å²) in [5.74, 6) is 1.33. The van der Waals surface area contributed by atoms with Crippen molar-refractivity contribution in [3.8, 4) is 11.5 Å². The molecule has 2 N–H and O–H groups in total. The highest BCUT2D eigenvalue weighted by Crippen LogP contribution is 2.19. The van der Waals surface area contributed by atoms with Crippen LogP contribution in [0.2, 0.25) is 5.02 Å². The SMILES string of the molecule is COc1cccc(OCC(O)CN2CCN(CC(=O)Nc3cccc(Cl)c3)CC2)c1. The minimum atomic E-state index is -0.589. The van der Waals surface area contributed by atoms with Crippen LogP contribution in [0.3, 0.4) is 0 Å². The second-order valence-corrected chi connectivity index (χ2v) is 7.72. The fourth-order valence-electron chi connectivity index (χ4n) is 3.33. The van der Waals surface area contributed by atoms with Gasteiger partial charge in [-0.2, -0.15) is 0 Å².